The van der Waals surface area contributed by atoms with Crippen LogP contribution in [-0.2, 0) is 14.3 Å². The molecule has 2 aliphatic rings. The number of unbranched alkanes of at least 4 members (excludes halogenated alkanes) is 3. The number of amides is 3. The van der Waals surface area contributed by atoms with Crippen LogP contribution in [0.15, 0.2) is 0 Å². The summed E-state index contributed by atoms with van der Waals surface area (Å²) in [5.41, 5.74) is -0.425. The van der Waals surface area contributed by atoms with Crippen LogP contribution in [0.25, 0.3) is 0 Å². The average molecular weight is 414 g/mol. The number of esters is 1. The first-order valence-electron chi connectivity index (χ1n) is 10.4. The number of fused-ring (bicyclic) bond motifs is 1. The molecule has 0 saturated carbocycles. The monoisotopic (exact) mass is 413 g/mol. The maximum atomic E-state index is 11.9. The maximum absolute atomic E-state index is 11.9. The van der Waals surface area contributed by atoms with Gasteiger partial charge in [0, 0.05) is 30.4 Å². The van der Waals surface area contributed by atoms with Crippen molar-refractivity contribution >= 4 is 29.7 Å². The van der Waals surface area contributed by atoms with E-state index in [4.69, 9.17) is 4.74 Å². The van der Waals surface area contributed by atoms with E-state index in [2.05, 4.69) is 16.0 Å². The molecule has 2 aliphatic heterocycles. The van der Waals surface area contributed by atoms with Gasteiger partial charge in [-0.2, -0.15) is 11.8 Å². The lowest BCUT2D eigenvalue weighted by molar-refractivity contribution is -0.154. The van der Waals surface area contributed by atoms with Crippen LogP contribution in [0.4, 0.5) is 4.79 Å². The highest BCUT2D eigenvalue weighted by Crippen LogP contribution is 2.33. The molecule has 160 valence electrons. The zero-order valence-electron chi connectivity index (χ0n) is 17.3. The van der Waals surface area contributed by atoms with Crippen LogP contribution in [0.1, 0.15) is 72.1 Å². The van der Waals surface area contributed by atoms with Gasteiger partial charge in [-0.3, -0.25) is 9.59 Å². The van der Waals surface area contributed by atoms with Crippen LogP contribution in [0, 0.1) is 0 Å². The van der Waals surface area contributed by atoms with Gasteiger partial charge in [-0.05, 0) is 46.5 Å². The molecular weight excluding hydrogens is 378 g/mol. The van der Waals surface area contributed by atoms with Gasteiger partial charge < -0.3 is 20.7 Å². The summed E-state index contributed by atoms with van der Waals surface area (Å²) in [6.07, 6.45) is 6.46. The van der Waals surface area contributed by atoms with Gasteiger partial charge in [-0.25, -0.2) is 4.79 Å². The van der Waals surface area contributed by atoms with Crippen molar-refractivity contribution in [2.24, 2.45) is 0 Å². The van der Waals surface area contributed by atoms with E-state index in [-0.39, 0.29) is 30.0 Å². The zero-order chi connectivity index (χ0) is 20.6. The number of thioether (sulfide) groups is 1. The number of rotatable bonds is 11. The molecule has 7 nitrogen and oxygen atoms in total. The molecule has 28 heavy (non-hydrogen) atoms. The van der Waals surface area contributed by atoms with Crippen LogP contribution >= 0.6 is 11.8 Å². The molecule has 0 spiro atoms. The summed E-state index contributed by atoms with van der Waals surface area (Å²) in [5.74, 6) is 0.916. The first kappa shape index (κ1) is 22.8. The normalized spacial score (nSPS) is 23.7. The second-order valence-electron chi connectivity index (χ2n) is 8.61. The van der Waals surface area contributed by atoms with Gasteiger partial charge in [0.1, 0.15) is 5.60 Å². The molecule has 0 aliphatic carbocycles. The predicted molar refractivity (Wildman–Crippen MR) is 111 cm³/mol. The standard InChI is InChI=1S/C20H35N3O4S/c1-20(2,3)27-17(25)11-5-4-8-12-21-16(24)10-7-6-9-15-18-14(13-28-15)22-19(26)23-18/h14-15,18H,4-13H2,1-3H3,(H,21,24)(H2,22,23,26). The largest absolute Gasteiger partial charge is 0.460 e. The minimum absolute atomic E-state index is 0.0502. The Morgan fingerprint density at radius 2 is 1.86 bits per heavy atom. The third kappa shape index (κ3) is 8.29. The number of carbonyl (C=O) groups is 3. The fourth-order valence-corrected chi connectivity index (χ4v) is 5.10. The summed E-state index contributed by atoms with van der Waals surface area (Å²) in [5, 5.41) is 9.35. The zero-order valence-corrected chi connectivity index (χ0v) is 18.2. The van der Waals surface area contributed by atoms with E-state index in [0.717, 1.165) is 44.3 Å². The van der Waals surface area contributed by atoms with Crippen molar-refractivity contribution in [1.82, 2.24) is 16.0 Å². The molecule has 3 amide bonds. The molecule has 2 saturated heterocycles. The third-order valence-corrected chi connectivity index (χ3v) is 6.39. The number of urea groups is 1. The highest BCUT2D eigenvalue weighted by atomic mass is 32.2. The molecule has 0 aromatic heterocycles. The Hall–Kier alpha value is -1.44. The number of hydrogen-bond donors (Lipinski definition) is 3. The maximum Gasteiger partial charge on any atom is 0.315 e. The van der Waals surface area contributed by atoms with Crippen molar-refractivity contribution in [3.8, 4) is 0 Å². The summed E-state index contributed by atoms with van der Waals surface area (Å²) in [7, 11) is 0. The summed E-state index contributed by atoms with van der Waals surface area (Å²) >= 11 is 1.91. The Morgan fingerprint density at radius 1 is 1.11 bits per heavy atom. The lowest BCUT2D eigenvalue weighted by atomic mass is 10.0. The summed E-state index contributed by atoms with van der Waals surface area (Å²) < 4.78 is 5.27. The summed E-state index contributed by atoms with van der Waals surface area (Å²) in [6.45, 7) is 6.27. The number of nitrogens with one attached hydrogen (secondary N) is 3. The minimum atomic E-state index is -0.425. The Kier molecular flexibility index (Phi) is 8.92. The second-order valence-corrected chi connectivity index (χ2v) is 9.89. The van der Waals surface area contributed by atoms with Gasteiger partial charge in [0.15, 0.2) is 0 Å². The lowest BCUT2D eigenvalue weighted by Crippen LogP contribution is -2.36. The van der Waals surface area contributed by atoms with Gasteiger partial charge in [0.2, 0.25) is 5.91 Å². The molecular formula is C20H35N3O4S. The van der Waals surface area contributed by atoms with E-state index in [0.29, 0.717) is 24.6 Å². The third-order valence-electron chi connectivity index (χ3n) is 4.88. The van der Waals surface area contributed by atoms with E-state index in [9.17, 15) is 14.4 Å². The molecule has 2 heterocycles. The highest BCUT2D eigenvalue weighted by Gasteiger charge is 2.42. The van der Waals surface area contributed by atoms with E-state index in [1.54, 1.807) is 0 Å². The van der Waals surface area contributed by atoms with Crippen LogP contribution in [-0.4, -0.2) is 53.1 Å². The molecule has 0 bridgehead atoms. The summed E-state index contributed by atoms with van der Waals surface area (Å²) in [4.78, 5) is 34.9. The minimum Gasteiger partial charge on any atom is -0.460 e. The average Bonchev–Trinajstić information content (AvgIpc) is 3.12. The molecule has 2 rings (SSSR count). The van der Waals surface area contributed by atoms with Crippen LogP contribution < -0.4 is 16.0 Å². The van der Waals surface area contributed by atoms with E-state index >= 15 is 0 Å². The number of ether oxygens (including phenoxy) is 1. The van der Waals surface area contributed by atoms with Crippen molar-refractivity contribution in [2.75, 3.05) is 12.3 Å². The second kappa shape index (κ2) is 10.9. The van der Waals surface area contributed by atoms with Gasteiger partial charge in [0.25, 0.3) is 0 Å². The molecule has 3 unspecified atom stereocenters. The van der Waals surface area contributed by atoms with Crippen molar-refractivity contribution in [3.63, 3.8) is 0 Å². The summed E-state index contributed by atoms with van der Waals surface area (Å²) in [6, 6.07) is 0.457. The van der Waals surface area contributed by atoms with Crippen LogP contribution in [0.5, 0.6) is 0 Å². The fraction of sp³-hybridized carbons (Fsp3) is 0.850. The van der Waals surface area contributed by atoms with Crippen molar-refractivity contribution in [3.05, 3.63) is 0 Å². The molecule has 3 atom stereocenters. The first-order chi connectivity index (χ1) is 13.2. The Balaban J connectivity index is 1.42. The smallest absolute Gasteiger partial charge is 0.315 e. The Labute approximate surface area is 172 Å². The SMILES string of the molecule is CC(C)(C)OC(=O)CCCCCNC(=O)CCCCC1SCC2NC(=O)NC21. The van der Waals surface area contributed by atoms with E-state index in [1.165, 1.54) is 0 Å². The van der Waals surface area contributed by atoms with E-state index in [1.807, 2.05) is 32.5 Å². The predicted octanol–water partition coefficient (Wildman–Crippen LogP) is 2.73. The number of hydrogen-bond acceptors (Lipinski definition) is 5. The molecule has 0 aromatic carbocycles. The Bertz CT molecular complexity index is 550. The topological polar surface area (TPSA) is 96.5 Å². The number of carbonyl (C=O) groups excluding carboxylic acids is 3. The van der Waals surface area contributed by atoms with Crippen LogP contribution in [0.3, 0.4) is 0 Å². The Morgan fingerprint density at radius 3 is 2.61 bits per heavy atom. The quantitative estimate of drug-likeness (QED) is 0.275. The molecule has 3 N–H and O–H groups in total. The van der Waals surface area contributed by atoms with E-state index < -0.39 is 5.60 Å². The molecule has 8 heteroatoms. The van der Waals surface area contributed by atoms with Gasteiger partial charge in [-0.1, -0.05) is 12.8 Å². The van der Waals surface area contributed by atoms with Crippen molar-refractivity contribution in [2.45, 2.75) is 95.1 Å². The molecule has 0 aromatic rings. The van der Waals surface area contributed by atoms with Gasteiger partial charge >= 0.3 is 12.0 Å². The van der Waals surface area contributed by atoms with Crippen LogP contribution in [0.2, 0.25) is 0 Å². The van der Waals surface area contributed by atoms with Gasteiger partial charge in [0.05, 0.1) is 12.1 Å². The van der Waals surface area contributed by atoms with Crippen molar-refractivity contribution in [1.29, 1.82) is 0 Å². The first-order valence-corrected chi connectivity index (χ1v) is 11.5. The fourth-order valence-electron chi connectivity index (χ4n) is 3.55. The van der Waals surface area contributed by atoms with Gasteiger partial charge in [-0.15, -0.1) is 0 Å². The lowest BCUT2D eigenvalue weighted by Gasteiger charge is -2.19. The molecule has 0 radical (unpaired) electrons. The highest BCUT2D eigenvalue weighted by molar-refractivity contribution is 8.00. The van der Waals surface area contributed by atoms with Crippen molar-refractivity contribution < 1.29 is 19.1 Å². The molecule has 2 fully saturated rings.